The van der Waals surface area contributed by atoms with E-state index in [0.29, 0.717) is 45.9 Å². The van der Waals surface area contributed by atoms with Gasteiger partial charge in [0.2, 0.25) is 5.91 Å². The van der Waals surface area contributed by atoms with Gasteiger partial charge in [-0.25, -0.2) is 4.39 Å². The molecule has 0 aliphatic carbocycles. The highest BCUT2D eigenvalue weighted by Gasteiger charge is 2.28. The van der Waals surface area contributed by atoms with Gasteiger partial charge in [-0.1, -0.05) is 11.6 Å². The SMILES string of the molecule is NC(=O)C1CCN(C(=O)c2sc3cc(F)ccc3c2Cl)CC1. The summed E-state index contributed by atoms with van der Waals surface area (Å²) in [5, 5.41) is 1.05. The van der Waals surface area contributed by atoms with Crippen LogP contribution in [0.4, 0.5) is 4.39 Å². The molecule has 1 saturated heterocycles. The molecule has 22 heavy (non-hydrogen) atoms. The topological polar surface area (TPSA) is 63.4 Å². The van der Waals surface area contributed by atoms with Crippen LogP contribution in [0.3, 0.4) is 0 Å². The van der Waals surface area contributed by atoms with Crippen LogP contribution in [0, 0.1) is 11.7 Å². The van der Waals surface area contributed by atoms with Crippen LogP contribution in [0.5, 0.6) is 0 Å². The first-order valence-electron chi connectivity index (χ1n) is 6.93. The maximum absolute atomic E-state index is 13.3. The predicted octanol–water partition coefficient (Wildman–Crippen LogP) is 3.03. The third kappa shape index (κ3) is 2.68. The minimum Gasteiger partial charge on any atom is -0.369 e. The second-order valence-electron chi connectivity index (χ2n) is 5.35. The molecule has 0 bridgehead atoms. The van der Waals surface area contributed by atoms with Gasteiger partial charge < -0.3 is 10.6 Å². The number of nitrogens with two attached hydrogens (primary N) is 1. The predicted molar refractivity (Wildman–Crippen MR) is 84.6 cm³/mol. The number of rotatable bonds is 2. The van der Waals surface area contributed by atoms with Gasteiger partial charge in [0.1, 0.15) is 10.7 Å². The Kier molecular flexibility index (Phi) is 4.06. The van der Waals surface area contributed by atoms with E-state index in [1.54, 1.807) is 11.0 Å². The Balaban J connectivity index is 1.84. The number of hydrogen-bond acceptors (Lipinski definition) is 3. The molecule has 2 aromatic rings. The average Bonchev–Trinajstić information content (AvgIpc) is 2.83. The number of carbonyl (C=O) groups excluding carboxylic acids is 2. The quantitative estimate of drug-likeness (QED) is 0.913. The normalized spacial score (nSPS) is 16.2. The molecule has 1 aliphatic rings. The first-order chi connectivity index (χ1) is 10.5. The number of piperidine rings is 1. The summed E-state index contributed by atoms with van der Waals surface area (Å²) >= 11 is 7.46. The van der Waals surface area contributed by atoms with Gasteiger partial charge in [0.25, 0.3) is 5.91 Å². The summed E-state index contributed by atoms with van der Waals surface area (Å²) in [4.78, 5) is 25.9. The van der Waals surface area contributed by atoms with Gasteiger partial charge in [0, 0.05) is 29.1 Å². The molecular weight excluding hydrogens is 327 g/mol. The average molecular weight is 341 g/mol. The molecule has 2 heterocycles. The lowest BCUT2D eigenvalue weighted by Gasteiger charge is -2.30. The molecule has 1 fully saturated rings. The largest absolute Gasteiger partial charge is 0.369 e. The van der Waals surface area contributed by atoms with E-state index in [0.717, 1.165) is 0 Å². The zero-order valence-electron chi connectivity index (χ0n) is 11.6. The smallest absolute Gasteiger partial charge is 0.265 e. The highest BCUT2D eigenvalue weighted by molar-refractivity contribution is 7.21. The molecule has 0 unspecified atom stereocenters. The lowest BCUT2D eigenvalue weighted by atomic mass is 9.96. The van der Waals surface area contributed by atoms with Crippen molar-refractivity contribution in [2.75, 3.05) is 13.1 Å². The van der Waals surface area contributed by atoms with E-state index in [-0.39, 0.29) is 23.5 Å². The highest BCUT2D eigenvalue weighted by Crippen LogP contribution is 2.37. The van der Waals surface area contributed by atoms with Gasteiger partial charge in [-0.05, 0) is 31.0 Å². The zero-order valence-corrected chi connectivity index (χ0v) is 13.2. The molecule has 3 rings (SSSR count). The molecule has 2 N–H and O–H groups in total. The van der Waals surface area contributed by atoms with E-state index < -0.39 is 0 Å². The Morgan fingerprint density at radius 2 is 2.00 bits per heavy atom. The third-order valence-electron chi connectivity index (χ3n) is 3.97. The first kappa shape index (κ1) is 15.2. The zero-order chi connectivity index (χ0) is 15.9. The van der Waals surface area contributed by atoms with Crippen molar-refractivity contribution in [3.63, 3.8) is 0 Å². The summed E-state index contributed by atoms with van der Waals surface area (Å²) in [6, 6.07) is 4.29. The van der Waals surface area contributed by atoms with E-state index in [4.69, 9.17) is 17.3 Å². The summed E-state index contributed by atoms with van der Waals surface area (Å²) in [5.41, 5.74) is 5.29. The second-order valence-corrected chi connectivity index (χ2v) is 6.78. The van der Waals surface area contributed by atoms with Crippen molar-refractivity contribution in [2.45, 2.75) is 12.8 Å². The van der Waals surface area contributed by atoms with Crippen molar-refractivity contribution in [1.29, 1.82) is 0 Å². The van der Waals surface area contributed by atoms with Crippen molar-refractivity contribution < 1.29 is 14.0 Å². The van der Waals surface area contributed by atoms with E-state index in [1.165, 1.54) is 23.5 Å². The van der Waals surface area contributed by atoms with Crippen molar-refractivity contribution in [1.82, 2.24) is 4.90 Å². The molecule has 1 aliphatic heterocycles. The Labute approximate surface area is 135 Å². The van der Waals surface area contributed by atoms with Crippen molar-refractivity contribution in [3.05, 3.63) is 33.9 Å². The van der Waals surface area contributed by atoms with Crippen LogP contribution in [0.25, 0.3) is 10.1 Å². The lowest BCUT2D eigenvalue weighted by Crippen LogP contribution is -2.41. The Hall–Kier alpha value is -1.66. The molecule has 4 nitrogen and oxygen atoms in total. The van der Waals surface area contributed by atoms with E-state index in [1.807, 2.05) is 0 Å². The highest BCUT2D eigenvalue weighted by atomic mass is 35.5. The number of thiophene rings is 1. The van der Waals surface area contributed by atoms with Crippen LogP contribution >= 0.6 is 22.9 Å². The van der Waals surface area contributed by atoms with E-state index >= 15 is 0 Å². The van der Waals surface area contributed by atoms with Crippen molar-refractivity contribution >= 4 is 44.8 Å². The standard InChI is InChI=1S/C15H14ClFN2O2S/c16-12-10-2-1-9(17)7-11(10)22-13(12)15(21)19-5-3-8(4-6-19)14(18)20/h1-2,7-8H,3-6H2,(H2,18,20). The maximum Gasteiger partial charge on any atom is 0.265 e. The van der Waals surface area contributed by atoms with E-state index in [2.05, 4.69) is 0 Å². The fourth-order valence-corrected chi connectivity index (χ4v) is 4.19. The Morgan fingerprint density at radius 1 is 1.32 bits per heavy atom. The number of likely N-dealkylation sites (tertiary alicyclic amines) is 1. The number of hydrogen-bond donors (Lipinski definition) is 1. The number of nitrogens with zero attached hydrogens (tertiary/aromatic N) is 1. The molecule has 0 radical (unpaired) electrons. The van der Waals surface area contributed by atoms with Gasteiger partial charge in [-0.3, -0.25) is 9.59 Å². The summed E-state index contributed by atoms with van der Waals surface area (Å²) in [6.07, 6.45) is 1.14. The molecule has 116 valence electrons. The molecule has 0 spiro atoms. The van der Waals surface area contributed by atoms with Gasteiger partial charge in [0.05, 0.1) is 5.02 Å². The molecule has 2 amide bonds. The summed E-state index contributed by atoms with van der Waals surface area (Å²) in [7, 11) is 0. The summed E-state index contributed by atoms with van der Waals surface area (Å²) in [6.45, 7) is 0.955. The monoisotopic (exact) mass is 340 g/mol. The van der Waals surface area contributed by atoms with Gasteiger partial charge >= 0.3 is 0 Å². The number of fused-ring (bicyclic) bond motifs is 1. The maximum atomic E-state index is 13.3. The second kappa shape index (κ2) is 5.85. The molecule has 0 atom stereocenters. The van der Waals surface area contributed by atoms with Crippen molar-refractivity contribution in [2.24, 2.45) is 11.7 Å². The number of amides is 2. The number of primary amides is 1. The van der Waals surface area contributed by atoms with Gasteiger partial charge in [-0.2, -0.15) is 0 Å². The fraction of sp³-hybridized carbons (Fsp3) is 0.333. The van der Waals surface area contributed by atoms with Crippen LogP contribution in [0.15, 0.2) is 18.2 Å². The van der Waals surface area contributed by atoms with Crippen LogP contribution in [-0.2, 0) is 4.79 Å². The molecular formula is C15H14ClFN2O2S. The van der Waals surface area contributed by atoms with Gasteiger partial charge in [0.15, 0.2) is 0 Å². The fourth-order valence-electron chi connectivity index (χ4n) is 2.69. The third-order valence-corrected chi connectivity index (χ3v) is 5.62. The van der Waals surface area contributed by atoms with Crippen LogP contribution in [0.2, 0.25) is 5.02 Å². The van der Waals surface area contributed by atoms with Crippen LogP contribution in [-0.4, -0.2) is 29.8 Å². The lowest BCUT2D eigenvalue weighted by molar-refractivity contribution is -0.123. The number of carbonyl (C=O) groups is 2. The molecule has 0 saturated carbocycles. The Bertz CT molecular complexity index is 753. The molecule has 1 aromatic carbocycles. The summed E-state index contributed by atoms with van der Waals surface area (Å²) in [5.74, 6) is -1.01. The van der Waals surface area contributed by atoms with Crippen LogP contribution in [0.1, 0.15) is 22.5 Å². The summed E-state index contributed by atoms with van der Waals surface area (Å²) < 4.78 is 13.9. The number of benzene rings is 1. The van der Waals surface area contributed by atoms with Gasteiger partial charge in [-0.15, -0.1) is 11.3 Å². The minimum absolute atomic E-state index is 0.170. The molecule has 1 aromatic heterocycles. The first-order valence-corrected chi connectivity index (χ1v) is 8.13. The Morgan fingerprint density at radius 3 is 2.64 bits per heavy atom. The molecule has 7 heteroatoms. The van der Waals surface area contributed by atoms with E-state index in [9.17, 15) is 14.0 Å². The number of halogens is 2. The minimum atomic E-state index is -0.355. The van der Waals surface area contributed by atoms with Crippen LogP contribution < -0.4 is 5.73 Å². The van der Waals surface area contributed by atoms with Crippen molar-refractivity contribution in [3.8, 4) is 0 Å².